The first-order valence-electron chi connectivity index (χ1n) is 2.17. The van der Waals surface area contributed by atoms with E-state index in [1.807, 2.05) is 6.92 Å². The van der Waals surface area contributed by atoms with Gasteiger partial charge >= 0.3 is 0 Å². The fourth-order valence-electron chi connectivity index (χ4n) is 0.144. The summed E-state index contributed by atoms with van der Waals surface area (Å²) in [6.45, 7) is 1.96. The Hall–Kier alpha value is 0.230. The van der Waals surface area contributed by atoms with Crippen LogP contribution in [0.1, 0.15) is 6.92 Å². The predicted octanol–water partition coefficient (Wildman–Crippen LogP) is -0.307. The standard InChI is InChI=1S/C3H13N3S/c1-3-7(4,5)6-2/h6H,3-5H2,1-2H3. The number of rotatable bonds is 2. The lowest BCUT2D eigenvalue weighted by Crippen LogP contribution is -2.33. The van der Waals surface area contributed by atoms with Crippen LogP contribution in [0.15, 0.2) is 0 Å². The van der Waals surface area contributed by atoms with Crippen LogP contribution < -0.4 is 15.0 Å². The summed E-state index contributed by atoms with van der Waals surface area (Å²) in [6.07, 6.45) is 0. The molecule has 0 spiro atoms. The summed E-state index contributed by atoms with van der Waals surface area (Å²) < 4.78 is 2.83. The number of nitrogens with two attached hydrogens (primary N) is 2. The SMILES string of the molecule is CCS(N)(N)NC. The van der Waals surface area contributed by atoms with E-state index in [2.05, 4.69) is 4.72 Å². The van der Waals surface area contributed by atoms with Crippen molar-refractivity contribution < 1.29 is 0 Å². The molecule has 0 aliphatic carbocycles. The predicted molar refractivity (Wildman–Crippen MR) is 35.6 cm³/mol. The molecule has 0 aromatic rings. The summed E-state index contributed by atoms with van der Waals surface area (Å²) >= 11 is 0. The highest BCUT2D eigenvalue weighted by molar-refractivity contribution is 8.28. The van der Waals surface area contributed by atoms with E-state index in [9.17, 15) is 0 Å². The third-order valence-electron chi connectivity index (χ3n) is 0.858. The molecule has 0 aliphatic rings. The molecule has 7 heavy (non-hydrogen) atoms. The van der Waals surface area contributed by atoms with E-state index >= 15 is 0 Å². The number of hydrogen-bond acceptors (Lipinski definition) is 3. The Balaban J connectivity index is 3.36. The summed E-state index contributed by atoms with van der Waals surface area (Å²) in [5, 5.41) is 10.9. The van der Waals surface area contributed by atoms with Gasteiger partial charge in [0.1, 0.15) is 0 Å². The second kappa shape index (κ2) is 2.52. The molecule has 0 atom stereocenters. The van der Waals surface area contributed by atoms with Crippen molar-refractivity contribution >= 4 is 10.6 Å². The average molecular weight is 123 g/mol. The van der Waals surface area contributed by atoms with Crippen LogP contribution in [0.3, 0.4) is 0 Å². The van der Waals surface area contributed by atoms with E-state index in [4.69, 9.17) is 10.3 Å². The van der Waals surface area contributed by atoms with Gasteiger partial charge in [-0.1, -0.05) is 17.5 Å². The van der Waals surface area contributed by atoms with Crippen LogP contribution in [0.5, 0.6) is 0 Å². The maximum absolute atomic E-state index is 5.47. The van der Waals surface area contributed by atoms with Gasteiger partial charge in [0.15, 0.2) is 0 Å². The zero-order chi connectivity index (χ0) is 5.91. The molecular formula is C3H13N3S. The molecule has 0 radical (unpaired) electrons. The summed E-state index contributed by atoms with van der Waals surface area (Å²) in [6, 6.07) is 0. The van der Waals surface area contributed by atoms with E-state index < -0.39 is 10.6 Å². The summed E-state index contributed by atoms with van der Waals surface area (Å²) in [5.74, 6) is 0.823. The maximum Gasteiger partial charge on any atom is 0.0110 e. The summed E-state index contributed by atoms with van der Waals surface area (Å²) in [4.78, 5) is 0. The van der Waals surface area contributed by atoms with E-state index in [0.717, 1.165) is 5.75 Å². The molecule has 4 heteroatoms. The minimum absolute atomic E-state index is 0.823. The van der Waals surface area contributed by atoms with E-state index in [0.29, 0.717) is 0 Å². The van der Waals surface area contributed by atoms with Crippen molar-refractivity contribution in [3.63, 3.8) is 0 Å². The molecule has 0 unspecified atom stereocenters. The Labute approximate surface area is 46.2 Å². The normalized spacial score (nSPS) is 14.3. The fourth-order valence-corrected chi connectivity index (χ4v) is 0.433. The molecule has 0 aliphatic heterocycles. The van der Waals surface area contributed by atoms with E-state index in [1.165, 1.54) is 0 Å². The van der Waals surface area contributed by atoms with E-state index in [-0.39, 0.29) is 0 Å². The Kier molecular flexibility index (Phi) is 2.60. The van der Waals surface area contributed by atoms with Gasteiger partial charge in [0.2, 0.25) is 0 Å². The second-order valence-electron chi connectivity index (χ2n) is 1.34. The van der Waals surface area contributed by atoms with Crippen molar-refractivity contribution in [3.8, 4) is 0 Å². The molecule has 0 saturated carbocycles. The van der Waals surface area contributed by atoms with Crippen molar-refractivity contribution in [1.29, 1.82) is 0 Å². The molecule has 0 saturated heterocycles. The van der Waals surface area contributed by atoms with Crippen LogP contribution in [-0.4, -0.2) is 12.8 Å². The molecule has 0 aromatic heterocycles. The molecule has 3 nitrogen and oxygen atoms in total. The van der Waals surface area contributed by atoms with Gasteiger partial charge in [-0.05, 0) is 7.05 Å². The third kappa shape index (κ3) is 2.87. The van der Waals surface area contributed by atoms with Gasteiger partial charge in [0.25, 0.3) is 0 Å². The smallest absolute Gasteiger partial charge is 0.0110 e. The minimum atomic E-state index is -1.41. The first kappa shape index (κ1) is 7.23. The van der Waals surface area contributed by atoms with Crippen molar-refractivity contribution in [3.05, 3.63) is 0 Å². The lowest BCUT2D eigenvalue weighted by atomic mass is 11.0. The fraction of sp³-hybridized carbons (Fsp3) is 1.00. The molecule has 0 bridgehead atoms. The number of nitrogens with one attached hydrogen (secondary N) is 1. The molecule has 0 rings (SSSR count). The van der Waals surface area contributed by atoms with Gasteiger partial charge in [-0.25, -0.2) is 0 Å². The van der Waals surface area contributed by atoms with Crippen LogP contribution in [0.25, 0.3) is 0 Å². The summed E-state index contributed by atoms with van der Waals surface area (Å²) in [5.41, 5.74) is 0. The lowest BCUT2D eigenvalue weighted by molar-refractivity contribution is 1.21. The summed E-state index contributed by atoms with van der Waals surface area (Å²) in [7, 11) is 0.369. The van der Waals surface area contributed by atoms with Gasteiger partial charge in [-0.3, -0.25) is 15.0 Å². The Morgan fingerprint density at radius 2 is 2.00 bits per heavy atom. The lowest BCUT2D eigenvalue weighted by Gasteiger charge is -2.27. The average Bonchev–Trinajstić information content (AvgIpc) is 1.68. The van der Waals surface area contributed by atoms with Gasteiger partial charge in [-0.15, -0.1) is 0 Å². The van der Waals surface area contributed by atoms with Crippen LogP contribution in [0.2, 0.25) is 0 Å². The zero-order valence-electron chi connectivity index (χ0n) is 4.77. The molecule has 0 fully saturated rings. The zero-order valence-corrected chi connectivity index (χ0v) is 5.59. The van der Waals surface area contributed by atoms with Crippen LogP contribution >= 0.6 is 10.6 Å². The number of hydrogen-bond donors (Lipinski definition) is 3. The largest absolute Gasteiger partial charge is 0.272 e. The molecule has 5 N–H and O–H groups in total. The second-order valence-corrected chi connectivity index (χ2v) is 4.03. The molecule has 0 heterocycles. The highest BCUT2D eigenvalue weighted by Crippen LogP contribution is 2.20. The highest BCUT2D eigenvalue weighted by atomic mass is 32.3. The van der Waals surface area contributed by atoms with Gasteiger partial charge < -0.3 is 0 Å². The van der Waals surface area contributed by atoms with Crippen molar-refractivity contribution in [2.24, 2.45) is 10.3 Å². The topological polar surface area (TPSA) is 64.1 Å². The third-order valence-corrected chi connectivity index (χ3v) is 2.57. The van der Waals surface area contributed by atoms with Crippen molar-refractivity contribution in [2.45, 2.75) is 6.92 Å². The van der Waals surface area contributed by atoms with Crippen molar-refractivity contribution in [2.75, 3.05) is 12.8 Å². The molecule has 0 aromatic carbocycles. The first-order chi connectivity index (χ1) is 3.12. The Morgan fingerprint density at radius 1 is 1.57 bits per heavy atom. The van der Waals surface area contributed by atoms with Crippen LogP contribution in [-0.2, 0) is 0 Å². The first-order valence-corrected chi connectivity index (χ1v) is 4.10. The minimum Gasteiger partial charge on any atom is -0.272 e. The quantitative estimate of drug-likeness (QED) is 0.472. The highest BCUT2D eigenvalue weighted by Gasteiger charge is 2.02. The Morgan fingerprint density at radius 3 is 2.00 bits per heavy atom. The van der Waals surface area contributed by atoms with Gasteiger partial charge in [0.05, 0.1) is 0 Å². The molecule has 46 valence electrons. The maximum atomic E-state index is 5.47. The monoisotopic (exact) mass is 123 g/mol. The van der Waals surface area contributed by atoms with Crippen molar-refractivity contribution in [1.82, 2.24) is 4.72 Å². The van der Waals surface area contributed by atoms with E-state index in [1.54, 1.807) is 7.05 Å². The van der Waals surface area contributed by atoms with Crippen LogP contribution in [0, 0.1) is 0 Å². The van der Waals surface area contributed by atoms with Crippen LogP contribution in [0.4, 0.5) is 0 Å². The Bertz CT molecular complexity index is 48.1. The van der Waals surface area contributed by atoms with Gasteiger partial charge in [0, 0.05) is 5.75 Å². The molecule has 0 amide bonds. The van der Waals surface area contributed by atoms with Gasteiger partial charge in [-0.2, -0.15) is 0 Å². The molecular weight excluding hydrogens is 110 g/mol.